The maximum absolute atomic E-state index is 12.4. The number of carbonyl (C=O) groups is 1. The molecule has 128 valence electrons. The number of carbonyl (C=O) groups excluding carboxylic acids is 1. The molecule has 0 saturated carbocycles. The second-order valence-electron chi connectivity index (χ2n) is 5.88. The van der Waals surface area contributed by atoms with Gasteiger partial charge >= 0.3 is 5.97 Å². The van der Waals surface area contributed by atoms with E-state index < -0.39 is 0 Å². The molecule has 1 heterocycles. The SMILES string of the molecule is O=C(OCc1ccccc1)c1ccc2c(c1)cc(Br)c1ccnc(Cl)c12. The third-order valence-corrected chi connectivity index (χ3v) is 5.16. The van der Waals surface area contributed by atoms with Crippen LogP contribution in [0.5, 0.6) is 0 Å². The minimum Gasteiger partial charge on any atom is -0.457 e. The van der Waals surface area contributed by atoms with Crippen molar-refractivity contribution >= 4 is 55.0 Å². The number of halogens is 2. The Bertz CT molecular complexity index is 1130. The van der Waals surface area contributed by atoms with Crippen molar-refractivity contribution in [2.75, 3.05) is 0 Å². The molecule has 0 aliphatic heterocycles. The first kappa shape index (κ1) is 17.0. The third kappa shape index (κ3) is 3.18. The second kappa shape index (κ2) is 7.06. The van der Waals surface area contributed by atoms with Gasteiger partial charge in [-0.05, 0) is 40.6 Å². The van der Waals surface area contributed by atoms with Crippen LogP contribution < -0.4 is 0 Å². The first-order valence-electron chi connectivity index (χ1n) is 8.01. The zero-order valence-electron chi connectivity index (χ0n) is 13.6. The van der Waals surface area contributed by atoms with Crippen LogP contribution in [0, 0.1) is 0 Å². The standard InChI is InChI=1S/C21H13BrClNO2/c22-18-11-15-10-14(21(25)26-12-13-4-2-1-3-5-13)6-7-16(15)19-17(18)8-9-24-20(19)23/h1-11H,12H2. The number of ether oxygens (including phenoxy) is 1. The molecule has 4 aromatic rings. The van der Waals surface area contributed by atoms with Gasteiger partial charge in [-0.25, -0.2) is 9.78 Å². The van der Waals surface area contributed by atoms with Crippen LogP contribution in [-0.2, 0) is 11.3 Å². The van der Waals surface area contributed by atoms with Gasteiger partial charge in [0.15, 0.2) is 0 Å². The first-order chi connectivity index (χ1) is 12.6. The highest BCUT2D eigenvalue weighted by Gasteiger charge is 2.13. The summed E-state index contributed by atoms with van der Waals surface area (Å²) in [6.45, 7) is 0.245. The van der Waals surface area contributed by atoms with Gasteiger partial charge in [-0.15, -0.1) is 0 Å². The van der Waals surface area contributed by atoms with E-state index in [9.17, 15) is 4.79 Å². The highest BCUT2D eigenvalue weighted by molar-refractivity contribution is 9.10. The summed E-state index contributed by atoms with van der Waals surface area (Å²) < 4.78 is 6.32. The van der Waals surface area contributed by atoms with Crippen LogP contribution in [0.15, 0.2) is 71.3 Å². The zero-order chi connectivity index (χ0) is 18.1. The fraction of sp³-hybridized carbons (Fsp3) is 0.0476. The number of hydrogen-bond donors (Lipinski definition) is 0. The summed E-state index contributed by atoms with van der Waals surface area (Å²) in [5, 5.41) is 4.13. The Balaban J connectivity index is 1.70. The first-order valence-corrected chi connectivity index (χ1v) is 9.18. The molecule has 5 heteroatoms. The maximum Gasteiger partial charge on any atom is 0.338 e. The van der Waals surface area contributed by atoms with Gasteiger partial charge in [0.25, 0.3) is 0 Å². The molecule has 3 nitrogen and oxygen atoms in total. The molecule has 0 atom stereocenters. The molecule has 0 N–H and O–H groups in total. The Morgan fingerprint density at radius 3 is 2.65 bits per heavy atom. The fourth-order valence-corrected chi connectivity index (χ4v) is 3.79. The molecule has 3 aromatic carbocycles. The lowest BCUT2D eigenvalue weighted by molar-refractivity contribution is 0.0473. The molecule has 0 radical (unpaired) electrons. The highest BCUT2D eigenvalue weighted by Crippen LogP contribution is 2.35. The molecule has 26 heavy (non-hydrogen) atoms. The smallest absolute Gasteiger partial charge is 0.338 e. The molecule has 0 amide bonds. The van der Waals surface area contributed by atoms with Crippen molar-refractivity contribution in [1.82, 2.24) is 4.98 Å². The van der Waals surface area contributed by atoms with E-state index in [0.717, 1.165) is 31.6 Å². The van der Waals surface area contributed by atoms with E-state index in [1.54, 1.807) is 12.3 Å². The quantitative estimate of drug-likeness (QED) is 0.224. The molecule has 0 bridgehead atoms. The molecule has 4 rings (SSSR count). The predicted octanol–water partition coefficient (Wildman–Crippen LogP) is 6.16. The topological polar surface area (TPSA) is 39.2 Å². The summed E-state index contributed by atoms with van der Waals surface area (Å²) in [5.74, 6) is -0.357. The maximum atomic E-state index is 12.4. The summed E-state index contributed by atoms with van der Waals surface area (Å²) in [5.41, 5.74) is 1.45. The average molecular weight is 427 g/mol. The summed E-state index contributed by atoms with van der Waals surface area (Å²) in [6.07, 6.45) is 1.68. The number of esters is 1. The van der Waals surface area contributed by atoms with Crippen LogP contribution in [0.25, 0.3) is 21.5 Å². The normalized spacial score (nSPS) is 11.0. The van der Waals surface area contributed by atoms with Crippen LogP contribution in [0.3, 0.4) is 0 Å². The van der Waals surface area contributed by atoms with Gasteiger partial charge in [-0.3, -0.25) is 0 Å². The molecule has 0 aliphatic carbocycles. The summed E-state index contributed by atoms with van der Waals surface area (Å²) >= 11 is 9.88. The monoisotopic (exact) mass is 425 g/mol. The summed E-state index contributed by atoms with van der Waals surface area (Å²) in [7, 11) is 0. The molecular weight excluding hydrogens is 414 g/mol. The Hall–Kier alpha value is -2.43. The van der Waals surface area contributed by atoms with Crippen LogP contribution >= 0.6 is 27.5 Å². The van der Waals surface area contributed by atoms with E-state index in [1.165, 1.54) is 0 Å². The van der Waals surface area contributed by atoms with E-state index in [0.29, 0.717) is 10.7 Å². The molecule has 0 saturated heterocycles. The van der Waals surface area contributed by atoms with Crippen LogP contribution in [-0.4, -0.2) is 11.0 Å². The minimum absolute atomic E-state index is 0.245. The van der Waals surface area contributed by atoms with E-state index in [1.807, 2.05) is 54.6 Å². The molecule has 0 unspecified atom stereocenters. The van der Waals surface area contributed by atoms with Crippen LogP contribution in [0.2, 0.25) is 5.15 Å². The van der Waals surface area contributed by atoms with E-state index in [-0.39, 0.29) is 12.6 Å². The van der Waals surface area contributed by atoms with Gasteiger partial charge in [-0.1, -0.05) is 63.9 Å². The molecule has 0 fully saturated rings. The van der Waals surface area contributed by atoms with Crippen molar-refractivity contribution in [3.63, 3.8) is 0 Å². The number of pyridine rings is 1. The summed E-state index contributed by atoms with van der Waals surface area (Å²) in [4.78, 5) is 16.6. The van der Waals surface area contributed by atoms with Gasteiger partial charge < -0.3 is 4.74 Å². The molecule has 1 aromatic heterocycles. The van der Waals surface area contributed by atoms with E-state index >= 15 is 0 Å². The Kier molecular flexibility index (Phi) is 4.62. The third-order valence-electron chi connectivity index (χ3n) is 4.21. The number of nitrogens with zero attached hydrogens (tertiary/aromatic N) is 1. The van der Waals surface area contributed by atoms with Crippen LogP contribution in [0.4, 0.5) is 0 Å². The zero-order valence-corrected chi connectivity index (χ0v) is 15.9. The lowest BCUT2D eigenvalue weighted by Gasteiger charge is -2.10. The number of aromatic nitrogens is 1. The lowest BCUT2D eigenvalue weighted by atomic mass is 10.0. The lowest BCUT2D eigenvalue weighted by Crippen LogP contribution is -2.05. The van der Waals surface area contributed by atoms with Crippen molar-refractivity contribution in [2.24, 2.45) is 0 Å². The molecule has 0 aliphatic rings. The van der Waals surface area contributed by atoms with Gasteiger partial charge in [0.2, 0.25) is 0 Å². The summed E-state index contributed by atoms with van der Waals surface area (Å²) in [6, 6.07) is 18.9. The highest BCUT2D eigenvalue weighted by atomic mass is 79.9. The fourth-order valence-electron chi connectivity index (χ4n) is 2.95. The Labute approximate surface area is 163 Å². The van der Waals surface area contributed by atoms with Crippen molar-refractivity contribution in [3.8, 4) is 0 Å². The number of rotatable bonds is 3. The van der Waals surface area contributed by atoms with E-state index in [2.05, 4.69) is 20.9 Å². The second-order valence-corrected chi connectivity index (χ2v) is 7.09. The van der Waals surface area contributed by atoms with Gasteiger partial charge in [0, 0.05) is 21.4 Å². The van der Waals surface area contributed by atoms with E-state index in [4.69, 9.17) is 16.3 Å². The van der Waals surface area contributed by atoms with Gasteiger partial charge in [0.05, 0.1) is 5.56 Å². The average Bonchev–Trinajstić information content (AvgIpc) is 2.67. The molecule has 0 spiro atoms. The van der Waals surface area contributed by atoms with Crippen LogP contribution in [0.1, 0.15) is 15.9 Å². The molecular formula is C21H13BrClNO2. The van der Waals surface area contributed by atoms with Crippen molar-refractivity contribution in [3.05, 3.63) is 87.6 Å². The Morgan fingerprint density at radius 2 is 1.85 bits per heavy atom. The minimum atomic E-state index is -0.357. The van der Waals surface area contributed by atoms with Gasteiger partial charge in [-0.2, -0.15) is 0 Å². The van der Waals surface area contributed by atoms with Crippen molar-refractivity contribution < 1.29 is 9.53 Å². The van der Waals surface area contributed by atoms with Crippen molar-refractivity contribution in [2.45, 2.75) is 6.61 Å². The number of fused-ring (bicyclic) bond motifs is 3. The number of benzene rings is 3. The predicted molar refractivity (Wildman–Crippen MR) is 108 cm³/mol. The Morgan fingerprint density at radius 1 is 1.04 bits per heavy atom. The largest absolute Gasteiger partial charge is 0.457 e. The number of hydrogen-bond acceptors (Lipinski definition) is 3. The van der Waals surface area contributed by atoms with Gasteiger partial charge in [0.1, 0.15) is 11.8 Å². The van der Waals surface area contributed by atoms with Crippen molar-refractivity contribution in [1.29, 1.82) is 0 Å².